The zero-order valence-corrected chi connectivity index (χ0v) is 23.8. The van der Waals surface area contributed by atoms with Crippen molar-refractivity contribution in [2.24, 2.45) is 4.99 Å². The number of aromatic nitrogens is 1. The van der Waals surface area contributed by atoms with Crippen LogP contribution in [-0.4, -0.2) is 36.6 Å². The fourth-order valence-electron chi connectivity index (χ4n) is 4.57. The van der Waals surface area contributed by atoms with E-state index in [-0.39, 0.29) is 16.9 Å². The predicted octanol–water partition coefficient (Wildman–Crippen LogP) is 4.28. The van der Waals surface area contributed by atoms with E-state index in [2.05, 4.69) is 4.99 Å². The first-order chi connectivity index (χ1) is 19.8. The number of methoxy groups -OCH3 is 1. The van der Waals surface area contributed by atoms with Crippen LogP contribution in [0.15, 0.2) is 80.6 Å². The fourth-order valence-corrected chi connectivity index (χ4v) is 5.52. The Hall–Kier alpha value is -4.70. The van der Waals surface area contributed by atoms with Gasteiger partial charge in [0.1, 0.15) is 11.5 Å². The minimum atomic E-state index is -0.789. The predicted molar refractivity (Wildman–Crippen MR) is 154 cm³/mol. The first-order valence-electron chi connectivity index (χ1n) is 13.0. The molecule has 4 aromatic rings. The number of rotatable bonds is 9. The summed E-state index contributed by atoms with van der Waals surface area (Å²) in [5.74, 6) is 1.55. The number of fused-ring (bicyclic) bond motifs is 1. The number of ketones is 1. The van der Waals surface area contributed by atoms with E-state index in [0.717, 1.165) is 5.56 Å². The maximum absolute atomic E-state index is 13.8. The highest BCUT2D eigenvalue weighted by Crippen LogP contribution is 2.35. The van der Waals surface area contributed by atoms with Crippen molar-refractivity contribution in [3.05, 3.63) is 103 Å². The Labute approximate surface area is 239 Å². The van der Waals surface area contributed by atoms with E-state index in [9.17, 15) is 14.4 Å². The lowest BCUT2D eigenvalue weighted by Gasteiger charge is -2.23. The van der Waals surface area contributed by atoms with Gasteiger partial charge in [0, 0.05) is 23.4 Å². The highest BCUT2D eigenvalue weighted by molar-refractivity contribution is 7.07. The summed E-state index contributed by atoms with van der Waals surface area (Å²) in [4.78, 5) is 43.0. The SMILES string of the molecule is CCOc1ccc([C@@H]2C(C(=O)OC)=CN=c3s/c(=C/c4ccc(-c5ccc(C(C)=O)cc5)o4)c(=O)n32)cc1OCC. The number of thiazole rings is 1. The van der Waals surface area contributed by atoms with Crippen LogP contribution in [0.25, 0.3) is 17.4 Å². The lowest BCUT2D eigenvalue weighted by Crippen LogP contribution is -2.39. The molecule has 0 unspecified atom stereocenters. The number of benzene rings is 2. The number of carbonyl (C=O) groups excluding carboxylic acids is 2. The topological polar surface area (TPSA) is 109 Å². The van der Waals surface area contributed by atoms with Crippen LogP contribution < -0.4 is 24.4 Å². The molecule has 0 bridgehead atoms. The fraction of sp³-hybridized carbons (Fsp3) is 0.226. The van der Waals surface area contributed by atoms with Gasteiger partial charge in [-0.25, -0.2) is 9.79 Å². The van der Waals surface area contributed by atoms with E-state index in [1.165, 1.54) is 36.1 Å². The standard InChI is InChI=1S/C31H28N2O7S/c1-5-38-25-13-11-21(15-26(25)39-6-2)28-23(30(36)37-4)17-32-31-33(28)29(35)27(41-31)16-22-12-14-24(40-22)20-9-7-19(8-10-20)18(3)34/h7-17,28H,5-6H2,1-4H3/b27-16+/t28-/m1/s1. The summed E-state index contributed by atoms with van der Waals surface area (Å²) in [6.07, 6.45) is 3.10. The molecule has 2 aromatic heterocycles. The molecule has 1 aliphatic rings. The highest BCUT2D eigenvalue weighted by atomic mass is 32.1. The van der Waals surface area contributed by atoms with Crippen molar-refractivity contribution in [3.63, 3.8) is 0 Å². The number of carbonyl (C=O) groups is 2. The van der Waals surface area contributed by atoms with Crippen molar-refractivity contribution in [2.45, 2.75) is 26.8 Å². The van der Waals surface area contributed by atoms with Gasteiger partial charge >= 0.3 is 5.97 Å². The second-order valence-corrected chi connectivity index (χ2v) is 10.1. The largest absolute Gasteiger partial charge is 0.490 e. The Morgan fingerprint density at radius 2 is 1.76 bits per heavy atom. The van der Waals surface area contributed by atoms with Crippen molar-refractivity contribution < 1.29 is 28.2 Å². The summed E-state index contributed by atoms with van der Waals surface area (Å²) in [5.41, 5.74) is 1.95. The summed E-state index contributed by atoms with van der Waals surface area (Å²) in [7, 11) is 1.29. The van der Waals surface area contributed by atoms with Gasteiger partial charge in [-0.3, -0.25) is 14.2 Å². The Morgan fingerprint density at radius 1 is 1.02 bits per heavy atom. The van der Waals surface area contributed by atoms with E-state index in [1.807, 2.05) is 26.0 Å². The first-order valence-corrected chi connectivity index (χ1v) is 13.9. The van der Waals surface area contributed by atoms with Gasteiger partial charge in [-0.1, -0.05) is 41.7 Å². The van der Waals surface area contributed by atoms with Crippen LogP contribution in [0.5, 0.6) is 11.5 Å². The highest BCUT2D eigenvalue weighted by Gasteiger charge is 2.31. The third-order valence-electron chi connectivity index (χ3n) is 6.48. The molecule has 1 aliphatic heterocycles. The molecule has 0 fully saturated rings. The third kappa shape index (κ3) is 5.51. The number of esters is 1. The van der Waals surface area contributed by atoms with E-state index in [1.54, 1.807) is 48.5 Å². The maximum Gasteiger partial charge on any atom is 0.337 e. The molecule has 0 radical (unpaired) electrons. The maximum atomic E-state index is 13.8. The van der Waals surface area contributed by atoms with E-state index in [4.69, 9.17) is 18.6 Å². The number of hydrogen-bond acceptors (Lipinski definition) is 9. The summed E-state index contributed by atoms with van der Waals surface area (Å²) in [6.45, 7) is 6.14. The normalized spacial score (nSPS) is 14.6. The van der Waals surface area contributed by atoms with Gasteiger partial charge in [0.2, 0.25) is 0 Å². The third-order valence-corrected chi connectivity index (χ3v) is 7.48. The molecule has 10 heteroatoms. The molecule has 0 N–H and O–H groups in total. The van der Waals surface area contributed by atoms with Crippen molar-refractivity contribution in [1.29, 1.82) is 0 Å². The zero-order valence-electron chi connectivity index (χ0n) is 23.0. The molecule has 5 rings (SSSR count). The molecule has 2 aromatic carbocycles. The molecule has 0 amide bonds. The molecule has 1 atom stereocenters. The molecular weight excluding hydrogens is 544 g/mol. The number of furan rings is 1. The minimum absolute atomic E-state index is 0.0138. The molecule has 9 nitrogen and oxygen atoms in total. The van der Waals surface area contributed by atoms with Gasteiger partial charge in [0.15, 0.2) is 22.1 Å². The average molecular weight is 573 g/mol. The van der Waals surface area contributed by atoms with Crippen molar-refractivity contribution in [1.82, 2.24) is 4.57 Å². The Kier molecular flexibility index (Phi) is 8.02. The van der Waals surface area contributed by atoms with Crippen LogP contribution in [0.3, 0.4) is 0 Å². The van der Waals surface area contributed by atoms with E-state index < -0.39 is 12.0 Å². The monoisotopic (exact) mass is 572 g/mol. The van der Waals surface area contributed by atoms with Gasteiger partial charge < -0.3 is 18.6 Å². The number of Topliss-reactive ketones (excluding diaryl/α,β-unsaturated/α-hetero) is 1. The summed E-state index contributed by atoms with van der Waals surface area (Å²) in [6, 6.07) is 15.2. The van der Waals surface area contributed by atoms with Crippen LogP contribution >= 0.6 is 11.3 Å². The number of ether oxygens (including phenoxy) is 3. The average Bonchev–Trinajstić information content (AvgIpc) is 3.57. The molecule has 210 valence electrons. The molecule has 0 spiro atoms. The van der Waals surface area contributed by atoms with Crippen molar-refractivity contribution in [2.75, 3.05) is 20.3 Å². The van der Waals surface area contributed by atoms with Crippen LogP contribution in [0.2, 0.25) is 0 Å². The van der Waals surface area contributed by atoms with E-state index >= 15 is 0 Å². The van der Waals surface area contributed by atoms with Crippen LogP contribution in [0, 0.1) is 0 Å². The van der Waals surface area contributed by atoms with Crippen LogP contribution in [0.1, 0.15) is 48.5 Å². The molecule has 41 heavy (non-hydrogen) atoms. The van der Waals surface area contributed by atoms with Crippen molar-refractivity contribution in [3.8, 4) is 22.8 Å². The van der Waals surface area contributed by atoms with Gasteiger partial charge in [0.05, 0.1) is 36.5 Å². The van der Waals surface area contributed by atoms with Gasteiger partial charge in [-0.05, 0) is 50.6 Å². The smallest absolute Gasteiger partial charge is 0.337 e. The summed E-state index contributed by atoms with van der Waals surface area (Å²) < 4.78 is 24.4. The van der Waals surface area contributed by atoms with Crippen molar-refractivity contribution >= 4 is 29.2 Å². The van der Waals surface area contributed by atoms with Crippen LogP contribution in [0.4, 0.5) is 0 Å². The number of hydrogen-bond donors (Lipinski definition) is 0. The lowest BCUT2D eigenvalue weighted by molar-refractivity contribution is -0.136. The molecule has 0 saturated heterocycles. The van der Waals surface area contributed by atoms with E-state index in [0.29, 0.717) is 56.7 Å². The Balaban J connectivity index is 1.58. The Bertz CT molecular complexity index is 1830. The molecule has 3 heterocycles. The second-order valence-electron chi connectivity index (χ2n) is 9.08. The zero-order chi connectivity index (χ0) is 29.1. The molecular formula is C31H28N2O7S. The second kappa shape index (κ2) is 11.8. The quantitative estimate of drug-likeness (QED) is 0.218. The van der Waals surface area contributed by atoms with Gasteiger partial charge in [0.25, 0.3) is 5.56 Å². The van der Waals surface area contributed by atoms with Crippen LogP contribution in [-0.2, 0) is 9.53 Å². The summed E-state index contributed by atoms with van der Waals surface area (Å²) >= 11 is 1.19. The lowest BCUT2D eigenvalue weighted by atomic mass is 9.97. The Morgan fingerprint density at radius 3 is 2.44 bits per heavy atom. The van der Waals surface area contributed by atoms with Gasteiger partial charge in [-0.15, -0.1) is 0 Å². The molecule has 0 aliphatic carbocycles. The van der Waals surface area contributed by atoms with Gasteiger partial charge in [-0.2, -0.15) is 0 Å². The first kappa shape index (κ1) is 27.9. The molecule has 0 saturated carbocycles. The summed E-state index contributed by atoms with van der Waals surface area (Å²) in [5, 5.41) is 0. The minimum Gasteiger partial charge on any atom is -0.490 e. The number of nitrogens with zero attached hydrogens (tertiary/aromatic N) is 2.